The van der Waals surface area contributed by atoms with Gasteiger partial charge in [-0.15, -0.1) is 11.3 Å². The van der Waals surface area contributed by atoms with Crippen molar-refractivity contribution in [2.45, 2.75) is 19.0 Å². The maximum atomic E-state index is 13.0. The minimum atomic E-state index is -0.191. The number of carbonyl (C=O) groups is 1. The molecule has 4 aromatic rings. The number of para-hydroxylation sites is 1. The highest BCUT2D eigenvalue weighted by Gasteiger charge is 2.26. The van der Waals surface area contributed by atoms with Gasteiger partial charge in [-0.1, -0.05) is 42.5 Å². The van der Waals surface area contributed by atoms with E-state index in [0.29, 0.717) is 16.4 Å². The van der Waals surface area contributed by atoms with Gasteiger partial charge >= 0.3 is 0 Å². The molecule has 6 nitrogen and oxygen atoms in total. The Kier molecular flexibility index (Phi) is 5.21. The van der Waals surface area contributed by atoms with Crippen molar-refractivity contribution in [1.29, 1.82) is 0 Å². The number of amides is 1. The van der Waals surface area contributed by atoms with Crippen LogP contribution in [0.3, 0.4) is 0 Å². The normalized spacial score (nSPS) is 16.7. The van der Waals surface area contributed by atoms with Gasteiger partial charge in [-0.05, 0) is 24.1 Å². The fraction of sp³-hybridized carbons (Fsp3) is 0.217. The largest absolute Gasteiger partial charge is 0.347 e. The van der Waals surface area contributed by atoms with Gasteiger partial charge in [0.2, 0.25) is 0 Å². The number of carbonyl (C=O) groups excluding carboxylic acids is 1. The molecular formula is C23H21N5OS. The van der Waals surface area contributed by atoms with Crippen LogP contribution in [0.4, 0.5) is 0 Å². The number of fused-ring (bicyclic) bond motifs is 1. The summed E-state index contributed by atoms with van der Waals surface area (Å²) in [7, 11) is 0. The molecule has 150 valence electrons. The molecular weight excluding hydrogens is 394 g/mol. The minimum Gasteiger partial charge on any atom is -0.347 e. The molecule has 3 heterocycles. The second-order valence-corrected chi connectivity index (χ2v) is 8.45. The Morgan fingerprint density at radius 3 is 2.73 bits per heavy atom. The number of benzene rings is 2. The number of nitrogens with one attached hydrogen (secondary N) is 1. The van der Waals surface area contributed by atoms with Gasteiger partial charge in [0.25, 0.3) is 5.91 Å². The summed E-state index contributed by atoms with van der Waals surface area (Å²) in [5.41, 5.74) is 3.06. The molecule has 7 heteroatoms. The molecule has 2 aromatic heterocycles. The molecule has 1 aliphatic heterocycles. The molecule has 1 fully saturated rings. The van der Waals surface area contributed by atoms with Crippen LogP contribution in [0.25, 0.3) is 20.9 Å². The number of hydrogen-bond acceptors (Lipinski definition) is 6. The second-order valence-electron chi connectivity index (χ2n) is 7.42. The Hall–Kier alpha value is -3.16. The first-order valence-corrected chi connectivity index (χ1v) is 10.8. The highest BCUT2D eigenvalue weighted by molar-refractivity contribution is 7.21. The zero-order valence-electron chi connectivity index (χ0n) is 16.4. The van der Waals surface area contributed by atoms with E-state index in [1.165, 1.54) is 16.9 Å². The number of likely N-dealkylation sites (tertiary alicyclic amines) is 1. The summed E-state index contributed by atoms with van der Waals surface area (Å²) in [6.07, 6.45) is 4.09. The standard InChI is InChI=1S/C23H21N5OS/c29-22(26-17-10-13-28(15-17)14-16-6-2-1-3-7-16)20-21(25-12-11-24-20)23-27-18-8-4-5-9-19(18)30-23/h1-9,11-12,17H,10,13-15H2,(H,26,29). The Bertz CT molecular complexity index is 1140. The number of aromatic nitrogens is 3. The average molecular weight is 416 g/mol. The van der Waals surface area contributed by atoms with Crippen LogP contribution in [-0.4, -0.2) is 44.9 Å². The molecule has 1 amide bonds. The van der Waals surface area contributed by atoms with Gasteiger partial charge in [0.05, 0.1) is 10.2 Å². The number of thiazole rings is 1. The van der Waals surface area contributed by atoms with Crippen molar-refractivity contribution in [2.75, 3.05) is 13.1 Å². The lowest BCUT2D eigenvalue weighted by Gasteiger charge is -2.17. The lowest BCUT2D eigenvalue weighted by atomic mass is 10.2. The van der Waals surface area contributed by atoms with Crippen molar-refractivity contribution in [1.82, 2.24) is 25.2 Å². The number of rotatable bonds is 5. The molecule has 0 aliphatic carbocycles. The lowest BCUT2D eigenvalue weighted by molar-refractivity contribution is 0.0933. The molecule has 30 heavy (non-hydrogen) atoms. The summed E-state index contributed by atoms with van der Waals surface area (Å²) < 4.78 is 1.07. The maximum Gasteiger partial charge on any atom is 0.272 e. The Morgan fingerprint density at radius 2 is 1.87 bits per heavy atom. The molecule has 1 saturated heterocycles. The number of nitrogens with zero attached hydrogens (tertiary/aromatic N) is 4. The molecule has 5 rings (SSSR count). The van der Waals surface area contributed by atoms with Crippen LogP contribution in [0.15, 0.2) is 67.0 Å². The van der Waals surface area contributed by atoms with Crippen LogP contribution in [0.5, 0.6) is 0 Å². The summed E-state index contributed by atoms with van der Waals surface area (Å²) in [6.45, 7) is 2.69. The van der Waals surface area contributed by atoms with Crippen molar-refractivity contribution >= 4 is 27.5 Å². The first kappa shape index (κ1) is 18.8. The van der Waals surface area contributed by atoms with Gasteiger partial charge < -0.3 is 5.32 Å². The molecule has 0 saturated carbocycles. The van der Waals surface area contributed by atoms with Gasteiger partial charge in [0.15, 0.2) is 5.69 Å². The zero-order valence-corrected chi connectivity index (χ0v) is 17.2. The van der Waals surface area contributed by atoms with E-state index in [2.05, 4.69) is 49.4 Å². The van der Waals surface area contributed by atoms with E-state index in [0.717, 1.165) is 36.3 Å². The van der Waals surface area contributed by atoms with Crippen molar-refractivity contribution in [2.24, 2.45) is 0 Å². The van der Waals surface area contributed by atoms with E-state index < -0.39 is 0 Å². The predicted octanol–water partition coefficient (Wildman–Crippen LogP) is 3.76. The topological polar surface area (TPSA) is 71.0 Å². The van der Waals surface area contributed by atoms with E-state index in [1.807, 2.05) is 30.3 Å². The Morgan fingerprint density at radius 1 is 1.07 bits per heavy atom. The molecule has 0 bridgehead atoms. The first-order valence-electron chi connectivity index (χ1n) is 10.0. The van der Waals surface area contributed by atoms with Crippen LogP contribution in [0, 0.1) is 0 Å². The highest BCUT2D eigenvalue weighted by atomic mass is 32.1. The third-order valence-electron chi connectivity index (χ3n) is 5.27. The van der Waals surface area contributed by atoms with Crippen LogP contribution >= 0.6 is 11.3 Å². The molecule has 2 aromatic carbocycles. The van der Waals surface area contributed by atoms with Gasteiger partial charge in [0.1, 0.15) is 10.7 Å². The van der Waals surface area contributed by atoms with Crippen molar-refractivity contribution in [3.8, 4) is 10.7 Å². The lowest BCUT2D eigenvalue weighted by Crippen LogP contribution is -2.37. The summed E-state index contributed by atoms with van der Waals surface area (Å²) in [5, 5.41) is 3.86. The molecule has 0 spiro atoms. The fourth-order valence-electron chi connectivity index (χ4n) is 3.82. The van der Waals surface area contributed by atoms with Crippen LogP contribution < -0.4 is 5.32 Å². The van der Waals surface area contributed by atoms with Crippen LogP contribution in [0.1, 0.15) is 22.5 Å². The van der Waals surface area contributed by atoms with Gasteiger partial charge in [-0.2, -0.15) is 0 Å². The molecule has 1 aliphatic rings. The molecule has 0 radical (unpaired) electrons. The van der Waals surface area contributed by atoms with Crippen LogP contribution in [0.2, 0.25) is 0 Å². The Labute approximate surface area is 178 Å². The van der Waals surface area contributed by atoms with E-state index >= 15 is 0 Å². The van der Waals surface area contributed by atoms with Gasteiger partial charge in [0, 0.05) is 38.1 Å². The average Bonchev–Trinajstić information content (AvgIpc) is 3.41. The van der Waals surface area contributed by atoms with E-state index in [9.17, 15) is 4.79 Å². The predicted molar refractivity (Wildman–Crippen MR) is 118 cm³/mol. The molecule has 1 N–H and O–H groups in total. The summed E-state index contributed by atoms with van der Waals surface area (Å²) in [4.78, 5) is 28.8. The van der Waals surface area contributed by atoms with E-state index in [1.54, 1.807) is 12.4 Å². The fourth-order valence-corrected chi connectivity index (χ4v) is 4.79. The molecule has 1 unspecified atom stereocenters. The van der Waals surface area contributed by atoms with Crippen LogP contribution in [-0.2, 0) is 6.54 Å². The third kappa shape index (κ3) is 3.94. The SMILES string of the molecule is O=C(NC1CCN(Cc2ccccc2)C1)c1nccnc1-c1nc2ccccc2s1. The smallest absolute Gasteiger partial charge is 0.272 e. The highest BCUT2D eigenvalue weighted by Crippen LogP contribution is 2.30. The first-order chi connectivity index (χ1) is 14.8. The summed E-state index contributed by atoms with van der Waals surface area (Å²) >= 11 is 1.52. The molecule has 1 atom stereocenters. The second kappa shape index (κ2) is 8.30. The zero-order chi connectivity index (χ0) is 20.3. The van der Waals surface area contributed by atoms with E-state index in [-0.39, 0.29) is 11.9 Å². The van der Waals surface area contributed by atoms with E-state index in [4.69, 9.17) is 0 Å². The Balaban J connectivity index is 1.30. The maximum absolute atomic E-state index is 13.0. The van der Waals surface area contributed by atoms with Crippen molar-refractivity contribution in [3.63, 3.8) is 0 Å². The van der Waals surface area contributed by atoms with Gasteiger partial charge in [-0.25, -0.2) is 15.0 Å². The van der Waals surface area contributed by atoms with Crippen molar-refractivity contribution < 1.29 is 4.79 Å². The third-order valence-corrected chi connectivity index (χ3v) is 6.31. The summed E-state index contributed by atoms with van der Waals surface area (Å²) in [6, 6.07) is 18.4. The summed E-state index contributed by atoms with van der Waals surface area (Å²) in [5.74, 6) is -0.191. The van der Waals surface area contributed by atoms with Crippen molar-refractivity contribution in [3.05, 3.63) is 78.2 Å². The number of hydrogen-bond donors (Lipinski definition) is 1. The monoisotopic (exact) mass is 415 g/mol. The van der Waals surface area contributed by atoms with Gasteiger partial charge in [-0.3, -0.25) is 9.69 Å². The minimum absolute atomic E-state index is 0.103. The quantitative estimate of drug-likeness (QED) is 0.537.